The van der Waals surface area contributed by atoms with Gasteiger partial charge in [0.25, 0.3) is 0 Å². The van der Waals surface area contributed by atoms with E-state index >= 15 is 0 Å². The van der Waals surface area contributed by atoms with Crippen LogP contribution in [0.1, 0.15) is 15.9 Å². The summed E-state index contributed by atoms with van der Waals surface area (Å²) in [7, 11) is 0. The molecule has 0 aliphatic rings. The topological polar surface area (TPSA) is 26.3 Å². The predicted molar refractivity (Wildman–Crippen MR) is 142 cm³/mol. The Morgan fingerprint density at radius 3 is 1.81 bits per heavy atom. The van der Waals surface area contributed by atoms with E-state index in [4.69, 9.17) is 62.7 Å². The third kappa shape index (κ3) is 6.09. The van der Waals surface area contributed by atoms with Crippen molar-refractivity contribution < 1.29 is 9.53 Å². The molecule has 0 aromatic heterocycles. The van der Waals surface area contributed by atoms with Crippen LogP contribution >= 0.6 is 118 Å². The zero-order valence-electron chi connectivity index (χ0n) is 14.9. The lowest BCUT2D eigenvalue weighted by Crippen LogP contribution is -2.09. The van der Waals surface area contributed by atoms with Crippen LogP contribution in [0.15, 0.2) is 54.7 Å². The van der Waals surface area contributed by atoms with Crippen molar-refractivity contribution in [1.82, 2.24) is 0 Å². The molecule has 3 aromatic carbocycles. The first-order valence-electron chi connectivity index (χ1n) is 8.20. The Morgan fingerprint density at radius 2 is 1.29 bits per heavy atom. The monoisotopic (exact) mass is 724 g/mol. The largest absolute Gasteiger partial charge is 0.421 e. The van der Waals surface area contributed by atoms with E-state index in [2.05, 4.69) is 47.8 Å². The van der Waals surface area contributed by atoms with Crippen molar-refractivity contribution in [2.75, 3.05) is 0 Å². The number of carbonyl (C=O) groups excluding carboxylic acids is 1. The van der Waals surface area contributed by atoms with E-state index in [9.17, 15) is 4.79 Å². The highest BCUT2D eigenvalue weighted by atomic mass is 79.9. The third-order valence-electron chi connectivity index (χ3n) is 3.90. The summed E-state index contributed by atoms with van der Waals surface area (Å²) in [5.41, 5.74) is 1.34. The van der Waals surface area contributed by atoms with Gasteiger partial charge in [-0.2, -0.15) is 0 Å². The molecular weight excluding hydrogens is 721 g/mol. The molecule has 3 aromatic rings. The Kier molecular flexibility index (Phi) is 9.38. The van der Waals surface area contributed by atoms with Crippen LogP contribution in [0.25, 0.3) is 0 Å². The SMILES string of the molecule is O=C(Oc1c(Br)cc(Br)cc1Br)c1ccc(CSc2c(Cl)c(Cl)c(Cl)c(Cl)c2Cl)cc1. The van der Waals surface area contributed by atoms with E-state index in [1.807, 2.05) is 12.1 Å². The van der Waals surface area contributed by atoms with Gasteiger partial charge in [-0.05, 0) is 61.7 Å². The summed E-state index contributed by atoms with van der Waals surface area (Å²) >= 11 is 42.3. The van der Waals surface area contributed by atoms with Gasteiger partial charge in [-0.1, -0.05) is 86.1 Å². The Morgan fingerprint density at radius 1 is 0.806 bits per heavy atom. The number of hydrogen-bond donors (Lipinski definition) is 0. The summed E-state index contributed by atoms with van der Waals surface area (Å²) in [6.07, 6.45) is 0. The Balaban J connectivity index is 1.72. The van der Waals surface area contributed by atoms with Gasteiger partial charge in [-0.15, -0.1) is 11.8 Å². The number of ether oxygens (including phenoxy) is 1. The molecule has 0 atom stereocenters. The summed E-state index contributed by atoms with van der Waals surface area (Å²) < 4.78 is 7.65. The van der Waals surface area contributed by atoms with Crippen molar-refractivity contribution in [2.45, 2.75) is 10.6 Å². The Hall–Kier alpha value is 0.370. The zero-order chi connectivity index (χ0) is 22.9. The van der Waals surface area contributed by atoms with Crippen LogP contribution in [0, 0.1) is 0 Å². The summed E-state index contributed by atoms with van der Waals surface area (Å²) in [6.45, 7) is 0. The zero-order valence-corrected chi connectivity index (χ0v) is 24.3. The van der Waals surface area contributed by atoms with Crippen LogP contribution in [0.5, 0.6) is 5.75 Å². The van der Waals surface area contributed by atoms with Gasteiger partial charge in [0.2, 0.25) is 0 Å². The van der Waals surface area contributed by atoms with Crippen molar-refractivity contribution in [1.29, 1.82) is 0 Å². The molecule has 0 heterocycles. The molecule has 0 saturated carbocycles. The maximum Gasteiger partial charge on any atom is 0.343 e. The van der Waals surface area contributed by atoms with Gasteiger partial charge in [0.15, 0.2) is 5.75 Å². The van der Waals surface area contributed by atoms with Gasteiger partial charge in [0.1, 0.15) is 0 Å². The van der Waals surface area contributed by atoms with Crippen LogP contribution in [0.4, 0.5) is 0 Å². The number of carbonyl (C=O) groups is 1. The van der Waals surface area contributed by atoms with Crippen LogP contribution in [0.3, 0.4) is 0 Å². The average molecular weight is 729 g/mol. The van der Waals surface area contributed by atoms with Crippen molar-refractivity contribution >= 4 is 124 Å². The molecule has 0 aliphatic carbocycles. The van der Waals surface area contributed by atoms with E-state index in [-0.39, 0.29) is 25.1 Å². The van der Waals surface area contributed by atoms with Crippen LogP contribution in [-0.2, 0) is 5.75 Å². The maximum atomic E-state index is 12.5. The molecule has 0 spiro atoms. The number of rotatable bonds is 5. The van der Waals surface area contributed by atoms with Crippen molar-refractivity contribution in [3.05, 3.63) is 86.1 Å². The Bertz CT molecular complexity index is 1120. The molecule has 3 rings (SSSR count). The molecule has 0 aliphatic heterocycles. The highest BCUT2D eigenvalue weighted by molar-refractivity contribution is 9.11. The summed E-state index contributed by atoms with van der Waals surface area (Å²) in [4.78, 5) is 13.1. The molecular formula is C20H8Br3Cl5O2S. The second-order valence-corrected chi connectivity index (χ2v) is 11.5. The van der Waals surface area contributed by atoms with E-state index in [1.165, 1.54) is 11.8 Å². The first-order valence-corrected chi connectivity index (χ1v) is 13.5. The van der Waals surface area contributed by atoms with Gasteiger partial charge in [0.05, 0.1) is 39.6 Å². The highest BCUT2D eigenvalue weighted by Crippen LogP contribution is 2.48. The van der Waals surface area contributed by atoms with Crippen LogP contribution in [-0.4, -0.2) is 5.97 Å². The normalized spacial score (nSPS) is 11.0. The summed E-state index contributed by atoms with van der Waals surface area (Å²) in [5, 5.41) is 0.926. The second kappa shape index (κ2) is 11.2. The summed E-state index contributed by atoms with van der Waals surface area (Å²) in [5.74, 6) is 0.436. The average Bonchev–Trinajstić information content (AvgIpc) is 2.73. The number of hydrogen-bond acceptors (Lipinski definition) is 3. The lowest BCUT2D eigenvalue weighted by atomic mass is 10.1. The second-order valence-electron chi connectivity index (χ2n) is 5.97. The minimum absolute atomic E-state index is 0.120. The van der Waals surface area contributed by atoms with Crippen LogP contribution < -0.4 is 4.74 Å². The van der Waals surface area contributed by atoms with E-state index in [0.717, 1.165) is 10.0 Å². The van der Waals surface area contributed by atoms with Crippen molar-refractivity contribution in [2.24, 2.45) is 0 Å². The Labute approximate surface area is 233 Å². The molecule has 11 heteroatoms. The fourth-order valence-electron chi connectivity index (χ4n) is 2.38. The predicted octanol–water partition coefficient (Wildman–Crippen LogP) is 10.8. The minimum Gasteiger partial charge on any atom is -0.421 e. The lowest BCUT2D eigenvalue weighted by molar-refractivity contribution is 0.0732. The van der Waals surface area contributed by atoms with Gasteiger partial charge in [0, 0.05) is 15.1 Å². The quantitative estimate of drug-likeness (QED) is 0.0860. The fraction of sp³-hybridized carbons (Fsp3) is 0.0500. The molecule has 31 heavy (non-hydrogen) atoms. The smallest absolute Gasteiger partial charge is 0.343 e. The highest BCUT2D eigenvalue weighted by Gasteiger charge is 2.20. The van der Waals surface area contributed by atoms with Crippen molar-refractivity contribution in [3.8, 4) is 5.75 Å². The molecule has 2 nitrogen and oxygen atoms in total. The van der Waals surface area contributed by atoms with Gasteiger partial charge in [-0.25, -0.2) is 4.79 Å². The van der Waals surface area contributed by atoms with Crippen LogP contribution in [0.2, 0.25) is 25.1 Å². The van der Waals surface area contributed by atoms with E-state index in [1.54, 1.807) is 24.3 Å². The van der Waals surface area contributed by atoms with E-state index in [0.29, 0.717) is 30.9 Å². The first-order chi connectivity index (χ1) is 14.6. The van der Waals surface area contributed by atoms with Crippen molar-refractivity contribution in [3.63, 3.8) is 0 Å². The summed E-state index contributed by atoms with van der Waals surface area (Å²) in [6, 6.07) is 10.6. The molecule has 0 N–H and O–H groups in total. The first kappa shape index (κ1) is 26.0. The number of halogens is 8. The number of esters is 1. The molecule has 0 bridgehead atoms. The molecule has 0 fully saturated rings. The molecule has 0 amide bonds. The maximum absolute atomic E-state index is 12.5. The molecule has 162 valence electrons. The number of thioether (sulfide) groups is 1. The lowest BCUT2D eigenvalue weighted by Gasteiger charge is -2.12. The molecule has 0 unspecified atom stereocenters. The fourth-order valence-corrected chi connectivity index (χ4v) is 7.34. The van der Waals surface area contributed by atoms with Gasteiger partial charge < -0.3 is 4.74 Å². The molecule has 0 radical (unpaired) electrons. The van der Waals surface area contributed by atoms with Gasteiger partial charge in [-0.3, -0.25) is 0 Å². The standard InChI is InChI=1S/C20H8Br3Cl5O2S/c21-10-5-11(22)18(12(23)6-10)30-20(29)9-3-1-8(2-4-9)7-31-19-16(27)14(25)13(24)15(26)17(19)28/h1-6H,7H2. The number of benzene rings is 3. The van der Waals surface area contributed by atoms with Gasteiger partial charge >= 0.3 is 5.97 Å². The molecule has 0 saturated heterocycles. The minimum atomic E-state index is -0.481. The van der Waals surface area contributed by atoms with E-state index < -0.39 is 5.97 Å². The third-order valence-corrected chi connectivity index (χ3v) is 9.21.